The van der Waals surface area contributed by atoms with Gasteiger partial charge in [0.15, 0.2) is 11.6 Å². The summed E-state index contributed by atoms with van der Waals surface area (Å²) in [7, 11) is -3.22. The summed E-state index contributed by atoms with van der Waals surface area (Å²) in [5, 5.41) is 1.59. The molecule has 8 nitrogen and oxygen atoms in total. The number of sulfonamides is 1. The normalized spacial score (nSPS) is 15.7. The van der Waals surface area contributed by atoms with Crippen LogP contribution in [-0.4, -0.2) is 71.7 Å². The number of nitrogens with zero attached hydrogens (tertiary/aromatic N) is 4. The van der Waals surface area contributed by atoms with Crippen molar-refractivity contribution >= 4 is 38.6 Å². The molecule has 29 heavy (non-hydrogen) atoms. The number of carbonyl (C=O) groups is 1. The highest BCUT2D eigenvalue weighted by molar-refractivity contribution is 8.00. The van der Waals surface area contributed by atoms with E-state index in [4.69, 9.17) is 4.42 Å². The van der Waals surface area contributed by atoms with Crippen LogP contribution in [0.15, 0.2) is 52.1 Å². The summed E-state index contributed by atoms with van der Waals surface area (Å²) in [5.74, 6) is 1.23. The smallest absolute Gasteiger partial charge is 0.233 e. The van der Waals surface area contributed by atoms with Gasteiger partial charge in [-0.3, -0.25) is 4.79 Å². The van der Waals surface area contributed by atoms with Crippen molar-refractivity contribution in [3.05, 3.63) is 42.7 Å². The van der Waals surface area contributed by atoms with Gasteiger partial charge in [-0.25, -0.2) is 18.4 Å². The molecule has 0 aliphatic carbocycles. The number of hydrogen-bond donors (Lipinski definition) is 0. The van der Waals surface area contributed by atoms with Crippen LogP contribution >= 0.6 is 11.8 Å². The number of piperazine rings is 1. The molecule has 0 atom stereocenters. The summed E-state index contributed by atoms with van der Waals surface area (Å²) in [6.07, 6.45) is 2.76. The van der Waals surface area contributed by atoms with E-state index in [0.29, 0.717) is 42.8 Å². The van der Waals surface area contributed by atoms with E-state index >= 15 is 0 Å². The topological polar surface area (TPSA) is 96.6 Å². The number of rotatable bonds is 5. The predicted octanol–water partition coefficient (Wildman–Crippen LogP) is 2.09. The Labute approximate surface area is 173 Å². The summed E-state index contributed by atoms with van der Waals surface area (Å²) in [5.41, 5.74) is 0.783. The second kappa shape index (κ2) is 8.13. The van der Waals surface area contributed by atoms with Crippen LogP contribution in [0.2, 0.25) is 0 Å². The third kappa shape index (κ3) is 4.44. The van der Waals surface area contributed by atoms with Gasteiger partial charge in [-0.2, -0.15) is 4.31 Å². The van der Waals surface area contributed by atoms with Gasteiger partial charge in [0.25, 0.3) is 0 Å². The third-order valence-corrected chi connectivity index (χ3v) is 6.98. The number of carbonyl (C=O) groups excluding carboxylic acids is 1. The van der Waals surface area contributed by atoms with Gasteiger partial charge < -0.3 is 9.32 Å². The van der Waals surface area contributed by atoms with Crippen molar-refractivity contribution in [3.63, 3.8) is 0 Å². The van der Waals surface area contributed by atoms with Crippen molar-refractivity contribution in [1.82, 2.24) is 19.2 Å². The second-order valence-electron chi connectivity index (χ2n) is 6.68. The lowest BCUT2D eigenvalue weighted by Crippen LogP contribution is -2.50. The Morgan fingerprint density at radius 1 is 1.10 bits per heavy atom. The Kier molecular flexibility index (Phi) is 5.57. The van der Waals surface area contributed by atoms with E-state index in [2.05, 4.69) is 9.97 Å². The van der Waals surface area contributed by atoms with Crippen LogP contribution in [0.3, 0.4) is 0 Å². The van der Waals surface area contributed by atoms with E-state index in [-0.39, 0.29) is 11.7 Å². The van der Waals surface area contributed by atoms with Crippen LogP contribution in [0.25, 0.3) is 22.5 Å². The van der Waals surface area contributed by atoms with Gasteiger partial charge >= 0.3 is 0 Å². The number of thioether (sulfide) groups is 1. The van der Waals surface area contributed by atoms with Gasteiger partial charge in [0, 0.05) is 31.6 Å². The number of aromatic nitrogens is 2. The molecule has 0 bridgehead atoms. The summed E-state index contributed by atoms with van der Waals surface area (Å²) < 4.78 is 30.1. The minimum absolute atomic E-state index is 0.0367. The maximum absolute atomic E-state index is 12.7. The fourth-order valence-electron chi connectivity index (χ4n) is 3.16. The van der Waals surface area contributed by atoms with E-state index in [1.54, 1.807) is 23.3 Å². The van der Waals surface area contributed by atoms with Crippen LogP contribution in [0, 0.1) is 0 Å². The molecule has 2 aromatic heterocycles. The Balaban J connectivity index is 1.49. The van der Waals surface area contributed by atoms with Crippen LogP contribution < -0.4 is 0 Å². The zero-order chi connectivity index (χ0) is 20.4. The molecule has 1 fully saturated rings. The molecule has 0 saturated carbocycles. The first-order valence-corrected chi connectivity index (χ1v) is 11.9. The first-order chi connectivity index (χ1) is 13.9. The second-order valence-corrected chi connectivity index (χ2v) is 9.62. The average molecular weight is 433 g/mol. The standard InChI is InChI=1S/C19H20N4O4S2/c1-29(25,26)23-10-8-22(9-11-23)17(24)13-28-19-14-5-2-3-6-15(14)20-18(21-19)16-7-4-12-27-16/h2-7,12H,8-11,13H2,1H3. The zero-order valence-electron chi connectivity index (χ0n) is 15.8. The molecule has 152 valence electrons. The SMILES string of the molecule is CS(=O)(=O)N1CCN(C(=O)CSc2nc(-c3ccco3)nc3ccccc23)CC1. The molecular weight excluding hydrogens is 412 g/mol. The summed E-state index contributed by atoms with van der Waals surface area (Å²) in [4.78, 5) is 23.5. The first kappa shape index (κ1) is 19.9. The van der Waals surface area contributed by atoms with Crippen molar-refractivity contribution < 1.29 is 17.6 Å². The fourth-order valence-corrected chi connectivity index (χ4v) is 4.91. The van der Waals surface area contributed by atoms with Gasteiger partial charge in [-0.15, -0.1) is 0 Å². The highest BCUT2D eigenvalue weighted by Gasteiger charge is 2.26. The minimum Gasteiger partial charge on any atom is -0.461 e. The highest BCUT2D eigenvalue weighted by Crippen LogP contribution is 2.28. The Morgan fingerprint density at radius 2 is 1.86 bits per heavy atom. The number of fused-ring (bicyclic) bond motifs is 1. The lowest BCUT2D eigenvalue weighted by molar-refractivity contribution is -0.129. The van der Waals surface area contributed by atoms with E-state index in [0.717, 1.165) is 10.9 Å². The van der Waals surface area contributed by atoms with E-state index in [9.17, 15) is 13.2 Å². The molecule has 4 rings (SSSR count). The van der Waals surface area contributed by atoms with Crippen LogP contribution in [-0.2, 0) is 14.8 Å². The van der Waals surface area contributed by atoms with E-state index in [1.807, 2.05) is 24.3 Å². The molecule has 1 aliphatic rings. The van der Waals surface area contributed by atoms with Gasteiger partial charge in [0.05, 0.1) is 23.8 Å². The van der Waals surface area contributed by atoms with Gasteiger partial charge in [0.1, 0.15) is 5.03 Å². The number of para-hydroxylation sites is 1. The Morgan fingerprint density at radius 3 is 2.55 bits per heavy atom. The summed E-state index contributed by atoms with van der Waals surface area (Å²) >= 11 is 1.35. The molecule has 10 heteroatoms. The van der Waals surface area contributed by atoms with Crippen LogP contribution in [0.1, 0.15) is 0 Å². The number of furan rings is 1. The molecular formula is C19H20N4O4S2. The number of amides is 1. The largest absolute Gasteiger partial charge is 0.461 e. The van der Waals surface area contributed by atoms with Crippen molar-refractivity contribution in [2.75, 3.05) is 38.2 Å². The maximum atomic E-state index is 12.7. The van der Waals surface area contributed by atoms with Crippen molar-refractivity contribution in [2.24, 2.45) is 0 Å². The summed E-state index contributed by atoms with van der Waals surface area (Å²) in [6, 6.07) is 11.2. The predicted molar refractivity (Wildman–Crippen MR) is 111 cm³/mol. The fraction of sp³-hybridized carbons (Fsp3) is 0.316. The van der Waals surface area contributed by atoms with E-state index in [1.165, 1.54) is 22.3 Å². The molecule has 1 aliphatic heterocycles. The van der Waals surface area contributed by atoms with Gasteiger partial charge in [0.2, 0.25) is 15.9 Å². The molecule has 1 amide bonds. The Bertz CT molecular complexity index is 1120. The van der Waals surface area contributed by atoms with Gasteiger partial charge in [-0.1, -0.05) is 30.0 Å². The molecule has 0 radical (unpaired) electrons. The van der Waals surface area contributed by atoms with Crippen molar-refractivity contribution in [1.29, 1.82) is 0 Å². The quantitative estimate of drug-likeness (QED) is 0.450. The van der Waals surface area contributed by atoms with Crippen LogP contribution in [0.4, 0.5) is 0 Å². The monoisotopic (exact) mass is 432 g/mol. The first-order valence-electron chi connectivity index (χ1n) is 9.08. The third-order valence-electron chi connectivity index (χ3n) is 4.70. The zero-order valence-corrected chi connectivity index (χ0v) is 17.4. The molecule has 0 N–H and O–H groups in total. The molecule has 3 aromatic rings. The molecule has 0 spiro atoms. The lowest BCUT2D eigenvalue weighted by atomic mass is 10.2. The summed E-state index contributed by atoms with van der Waals surface area (Å²) in [6.45, 7) is 1.45. The van der Waals surface area contributed by atoms with Crippen molar-refractivity contribution in [3.8, 4) is 11.6 Å². The average Bonchev–Trinajstić information content (AvgIpc) is 3.26. The minimum atomic E-state index is -3.22. The molecule has 0 unspecified atom stereocenters. The number of hydrogen-bond acceptors (Lipinski definition) is 7. The van der Waals surface area contributed by atoms with Gasteiger partial charge in [-0.05, 0) is 18.2 Å². The number of benzene rings is 1. The molecule has 1 aromatic carbocycles. The van der Waals surface area contributed by atoms with E-state index < -0.39 is 10.0 Å². The maximum Gasteiger partial charge on any atom is 0.233 e. The van der Waals surface area contributed by atoms with Crippen LogP contribution in [0.5, 0.6) is 0 Å². The highest BCUT2D eigenvalue weighted by atomic mass is 32.2. The lowest BCUT2D eigenvalue weighted by Gasteiger charge is -2.33. The Hall–Kier alpha value is -2.43. The molecule has 1 saturated heterocycles. The molecule has 3 heterocycles. The van der Waals surface area contributed by atoms with Crippen molar-refractivity contribution in [2.45, 2.75) is 5.03 Å².